The number of hydrogen-bond acceptors (Lipinski definition) is 4. The van der Waals surface area contributed by atoms with Crippen molar-refractivity contribution in [3.63, 3.8) is 0 Å². The van der Waals surface area contributed by atoms with Crippen LogP contribution in [0.1, 0.15) is 6.92 Å². The third kappa shape index (κ3) is 4.27. The Kier molecular flexibility index (Phi) is 4.80. The van der Waals surface area contributed by atoms with Gasteiger partial charge in [-0.15, -0.1) is 0 Å². The third-order valence-electron chi connectivity index (χ3n) is 1.42. The summed E-state index contributed by atoms with van der Waals surface area (Å²) < 4.78 is 4.50. The molecular formula is C7H14O5. The summed E-state index contributed by atoms with van der Waals surface area (Å²) in [7, 11) is 0. The first-order chi connectivity index (χ1) is 5.56. The van der Waals surface area contributed by atoms with E-state index in [1.807, 2.05) is 0 Å². The van der Waals surface area contributed by atoms with Crippen LogP contribution in [-0.2, 0) is 9.53 Å². The third-order valence-corrected chi connectivity index (χ3v) is 1.42. The van der Waals surface area contributed by atoms with Crippen LogP contribution in [0, 0.1) is 5.41 Å². The van der Waals surface area contributed by atoms with Crippen molar-refractivity contribution in [3.8, 4) is 0 Å². The molecule has 0 aliphatic carbocycles. The Labute approximate surface area is 70.6 Å². The SMILES string of the molecule is C1CO1.CC(CO)(CO)C(=O)O. The highest BCUT2D eigenvalue weighted by atomic mass is 16.6. The number of carboxylic acids is 1. The summed E-state index contributed by atoms with van der Waals surface area (Å²) in [4.78, 5) is 10.2. The quantitative estimate of drug-likeness (QED) is 0.486. The minimum atomic E-state index is -1.39. The smallest absolute Gasteiger partial charge is 0.314 e. The molecule has 1 aliphatic heterocycles. The van der Waals surface area contributed by atoms with E-state index in [0.717, 1.165) is 13.2 Å². The van der Waals surface area contributed by atoms with E-state index in [0.29, 0.717) is 0 Å². The Bertz CT molecular complexity index is 136. The van der Waals surface area contributed by atoms with Crippen molar-refractivity contribution in [2.24, 2.45) is 5.41 Å². The summed E-state index contributed by atoms with van der Waals surface area (Å²) in [6.07, 6.45) is 0. The largest absolute Gasteiger partial charge is 0.481 e. The molecule has 0 radical (unpaired) electrons. The molecule has 0 aromatic carbocycles. The number of aliphatic hydroxyl groups excluding tert-OH is 2. The number of rotatable bonds is 3. The zero-order chi connectivity index (χ0) is 9.61. The van der Waals surface area contributed by atoms with Crippen LogP contribution < -0.4 is 0 Å². The van der Waals surface area contributed by atoms with Crippen LogP contribution in [-0.4, -0.2) is 47.7 Å². The number of aliphatic carboxylic acids is 1. The Morgan fingerprint density at radius 3 is 1.75 bits per heavy atom. The normalized spacial score (nSPS) is 14.6. The molecule has 5 nitrogen and oxygen atoms in total. The van der Waals surface area contributed by atoms with E-state index in [1.54, 1.807) is 0 Å². The molecule has 0 unspecified atom stereocenters. The number of aliphatic hydroxyl groups is 2. The second-order valence-corrected chi connectivity index (χ2v) is 2.79. The van der Waals surface area contributed by atoms with Crippen molar-refractivity contribution in [3.05, 3.63) is 0 Å². The van der Waals surface area contributed by atoms with Gasteiger partial charge in [-0.05, 0) is 6.92 Å². The molecule has 5 heteroatoms. The van der Waals surface area contributed by atoms with Gasteiger partial charge in [-0.25, -0.2) is 0 Å². The number of carboxylic acid groups (broad SMARTS) is 1. The highest BCUT2D eigenvalue weighted by molar-refractivity contribution is 5.74. The van der Waals surface area contributed by atoms with Gasteiger partial charge in [0.05, 0.1) is 26.4 Å². The van der Waals surface area contributed by atoms with Gasteiger partial charge in [0.15, 0.2) is 0 Å². The van der Waals surface area contributed by atoms with Crippen LogP contribution in [0.2, 0.25) is 0 Å². The molecule has 1 saturated heterocycles. The summed E-state index contributed by atoms with van der Waals surface area (Å²) in [5, 5.41) is 25.1. The zero-order valence-electron chi connectivity index (χ0n) is 6.99. The highest BCUT2D eigenvalue weighted by Gasteiger charge is 2.31. The van der Waals surface area contributed by atoms with Gasteiger partial charge in [0.25, 0.3) is 0 Å². The minimum absolute atomic E-state index is 0.543. The number of hydrogen-bond donors (Lipinski definition) is 3. The van der Waals surface area contributed by atoms with Gasteiger partial charge in [0.1, 0.15) is 5.41 Å². The summed E-state index contributed by atoms with van der Waals surface area (Å²) in [6.45, 7) is 2.19. The van der Waals surface area contributed by atoms with Crippen molar-refractivity contribution >= 4 is 5.97 Å². The van der Waals surface area contributed by atoms with E-state index in [1.165, 1.54) is 6.92 Å². The van der Waals surface area contributed by atoms with Gasteiger partial charge in [-0.3, -0.25) is 4.79 Å². The monoisotopic (exact) mass is 178 g/mol. The van der Waals surface area contributed by atoms with Crippen LogP contribution in [0.15, 0.2) is 0 Å². The summed E-state index contributed by atoms with van der Waals surface area (Å²) in [6, 6.07) is 0. The van der Waals surface area contributed by atoms with Crippen LogP contribution in [0.25, 0.3) is 0 Å². The molecule has 1 aliphatic rings. The standard InChI is InChI=1S/C5H10O4.C2H4O/c1-5(2-6,3-7)4(8)9;1-2-3-1/h6-7H,2-3H2,1H3,(H,8,9);1-2H2. The van der Waals surface area contributed by atoms with E-state index in [2.05, 4.69) is 4.74 Å². The van der Waals surface area contributed by atoms with Crippen molar-refractivity contribution in [2.45, 2.75) is 6.92 Å². The molecule has 12 heavy (non-hydrogen) atoms. The molecule has 3 N–H and O–H groups in total. The van der Waals surface area contributed by atoms with Gasteiger partial charge in [0.2, 0.25) is 0 Å². The molecule has 1 rings (SSSR count). The Balaban J connectivity index is 0.000000330. The Morgan fingerprint density at radius 2 is 1.75 bits per heavy atom. The van der Waals surface area contributed by atoms with Gasteiger partial charge < -0.3 is 20.1 Å². The van der Waals surface area contributed by atoms with Gasteiger partial charge in [0, 0.05) is 0 Å². The lowest BCUT2D eigenvalue weighted by Crippen LogP contribution is -2.35. The molecule has 0 amide bonds. The lowest BCUT2D eigenvalue weighted by Gasteiger charge is -2.17. The number of carbonyl (C=O) groups is 1. The van der Waals surface area contributed by atoms with E-state index in [-0.39, 0.29) is 0 Å². The molecule has 0 atom stereocenters. The lowest BCUT2D eigenvalue weighted by molar-refractivity contribution is -0.152. The van der Waals surface area contributed by atoms with Crippen molar-refractivity contribution in [1.82, 2.24) is 0 Å². The Morgan fingerprint density at radius 1 is 1.42 bits per heavy atom. The topological polar surface area (TPSA) is 90.3 Å². The zero-order valence-corrected chi connectivity index (χ0v) is 6.99. The van der Waals surface area contributed by atoms with Crippen LogP contribution in [0.3, 0.4) is 0 Å². The maximum Gasteiger partial charge on any atom is 0.314 e. The number of epoxide rings is 1. The van der Waals surface area contributed by atoms with Crippen LogP contribution in [0.4, 0.5) is 0 Å². The molecule has 72 valence electrons. The predicted octanol–water partition coefficient (Wildman–Crippen LogP) is -0.922. The second-order valence-electron chi connectivity index (χ2n) is 2.79. The predicted molar refractivity (Wildman–Crippen MR) is 40.7 cm³/mol. The van der Waals surface area contributed by atoms with Gasteiger partial charge in [-0.1, -0.05) is 0 Å². The first-order valence-electron chi connectivity index (χ1n) is 3.59. The second kappa shape index (κ2) is 5.08. The van der Waals surface area contributed by atoms with E-state index < -0.39 is 24.6 Å². The average molecular weight is 178 g/mol. The van der Waals surface area contributed by atoms with Crippen LogP contribution >= 0.6 is 0 Å². The minimum Gasteiger partial charge on any atom is -0.481 e. The maximum atomic E-state index is 10.2. The van der Waals surface area contributed by atoms with E-state index in [4.69, 9.17) is 15.3 Å². The summed E-state index contributed by atoms with van der Waals surface area (Å²) in [5.74, 6) is -1.19. The highest BCUT2D eigenvalue weighted by Crippen LogP contribution is 2.12. The van der Waals surface area contributed by atoms with Gasteiger partial charge >= 0.3 is 5.97 Å². The first kappa shape index (κ1) is 11.4. The molecular weight excluding hydrogens is 164 g/mol. The maximum absolute atomic E-state index is 10.2. The Hall–Kier alpha value is -0.650. The molecule has 0 spiro atoms. The fraction of sp³-hybridized carbons (Fsp3) is 0.857. The van der Waals surface area contributed by atoms with Crippen LogP contribution in [0.5, 0.6) is 0 Å². The fourth-order valence-corrected chi connectivity index (χ4v) is 0.185. The van der Waals surface area contributed by atoms with Gasteiger partial charge in [-0.2, -0.15) is 0 Å². The summed E-state index contributed by atoms with van der Waals surface area (Å²) >= 11 is 0. The average Bonchev–Trinajstić information content (AvgIpc) is 2.88. The first-order valence-corrected chi connectivity index (χ1v) is 3.59. The summed E-state index contributed by atoms with van der Waals surface area (Å²) in [5.41, 5.74) is -1.39. The van der Waals surface area contributed by atoms with Crippen molar-refractivity contribution in [1.29, 1.82) is 0 Å². The molecule has 0 saturated carbocycles. The molecule has 0 bridgehead atoms. The fourth-order valence-electron chi connectivity index (χ4n) is 0.185. The molecule has 1 fully saturated rings. The van der Waals surface area contributed by atoms with E-state index >= 15 is 0 Å². The van der Waals surface area contributed by atoms with Crippen molar-refractivity contribution < 1.29 is 24.9 Å². The molecule has 0 aromatic rings. The van der Waals surface area contributed by atoms with E-state index in [9.17, 15) is 4.79 Å². The lowest BCUT2D eigenvalue weighted by atomic mass is 9.94. The number of ether oxygens (including phenoxy) is 1. The molecule has 1 heterocycles. The molecule has 0 aromatic heterocycles. The van der Waals surface area contributed by atoms with Crippen molar-refractivity contribution in [2.75, 3.05) is 26.4 Å².